The average Bonchev–Trinajstić information content (AvgIpc) is 3.08. The topological polar surface area (TPSA) is 50.8 Å². The lowest BCUT2D eigenvalue weighted by atomic mass is 10.1. The van der Waals surface area contributed by atoms with E-state index in [2.05, 4.69) is 5.32 Å². The number of amides is 2. The molecule has 1 N–H and O–H groups in total. The molecule has 5 nitrogen and oxygen atoms in total. The first kappa shape index (κ1) is 17.2. The van der Waals surface area contributed by atoms with E-state index in [1.807, 2.05) is 6.07 Å². The van der Waals surface area contributed by atoms with Crippen LogP contribution >= 0.6 is 0 Å². The molecule has 0 radical (unpaired) electrons. The molecule has 2 aliphatic rings. The molecule has 2 aliphatic heterocycles. The molecule has 6 heteroatoms. The molecule has 2 heterocycles. The zero-order valence-electron chi connectivity index (χ0n) is 13.9. The average molecular weight is 336 g/mol. The molecule has 24 heavy (non-hydrogen) atoms. The lowest BCUT2D eigenvalue weighted by Crippen LogP contribution is -2.48. The van der Waals surface area contributed by atoms with Gasteiger partial charge in [-0.2, -0.15) is 0 Å². The van der Waals surface area contributed by atoms with Crippen molar-refractivity contribution in [1.82, 2.24) is 10.2 Å². The summed E-state index contributed by atoms with van der Waals surface area (Å²) < 4.78 is 24.4. The lowest BCUT2D eigenvalue weighted by Gasteiger charge is -2.30. The van der Waals surface area contributed by atoms with Crippen LogP contribution in [0.25, 0.3) is 0 Å². The molecule has 0 aliphatic carbocycles. The molecule has 0 spiro atoms. The molecule has 0 unspecified atom stereocenters. The van der Waals surface area contributed by atoms with Crippen molar-refractivity contribution in [2.75, 3.05) is 26.4 Å². The van der Waals surface area contributed by atoms with Crippen molar-refractivity contribution in [1.29, 1.82) is 0 Å². The first-order valence-electron chi connectivity index (χ1n) is 8.70. The Hall–Kier alpha value is -1.66. The number of ether oxygens (including phenoxy) is 2. The summed E-state index contributed by atoms with van der Waals surface area (Å²) >= 11 is 0. The Morgan fingerprint density at radius 1 is 1.25 bits per heavy atom. The normalized spacial score (nSPS) is 21.6. The summed E-state index contributed by atoms with van der Waals surface area (Å²) in [5.74, 6) is -0.283. The van der Waals surface area contributed by atoms with Gasteiger partial charge in [-0.3, -0.25) is 0 Å². The SMILES string of the molecule is O=C(NC1CCOCC1)N(Cc1cccc(F)c1)C[C@H]1CCCO1. The van der Waals surface area contributed by atoms with Crippen molar-refractivity contribution in [2.24, 2.45) is 0 Å². The Labute approximate surface area is 142 Å². The Morgan fingerprint density at radius 2 is 2.08 bits per heavy atom. The van der Waals surface area contributed by atoms with Crippen LogP contribution < -0.4 is 5.32 Å². The number of halogens is 1. The monoisotopic (exact) mass is 336 g/mol. The number of carbonyl (C=O) groups excluding carboxylic acids is 1. The van der Waals surface area contributed by atoms with E-state index in [-0.39, 0.29) is 24.0 Å². The highest BCUT2D eigenvalue weighted by atomic mass is 19.1. The Morgan fingerprint density at radius 3 is 2.79 bits per heavy atom. The number of hydrogen-bond donors (Lipinski definition) is 1. The number of rotatable bonds is 5. The van der Waals surface area contributed by atoms with Gasteiger partial charge >= 0.3 is 6.03 Å². The van der Waals surface area contributed by atoms with Crippen molar-refractivity contribution in [3.05, 3.63) is 35.6 Å². The van der Waals surface area contributed by atoms with Crippen LogP contribution in [0.1, 0.15) is 31.2 Å². The standard InChI is InChI=1S/C18H25FN2O3/c19-15-4-1-3-14(11-15)12-21(13-17-5-2-8-24-17)18(22)20-16-6-9-23-10-7-16/h1,3-4,11,16-17H,2,5-10,12-13H2,(H,20,22)/t17-/m1/s1. The minimum absolute atomic E-state index is 0.0685. The summed E-state index contributed by atoms with van der Waals surface area (Å²) in [5.41, 5.74) is 0.787. The number of nitrogens with zero attached hydrogens (tertiary/aromatic N) is 1. The summed E-state index contributed by atoms with van der Waals surface area (Å²) in [7, 11) is 0. The first-order valence-corrected chi connectivity index (χ1v) is 8.70. The van der Waals surface area contributed by atoms with Crippen LogP contribution in [-0.2, 0) is 16.0 Å². The molecule has 132 valence electrons. The van der Waals surface area contributed by atoms with Crippen LogP contribution in [0.2, 0.25) is 0 Å². The maximum absolute atomic E-state index is 13.4. The van der Waals surface area contributed by atoms with Gasteiger partial charge in [0, 0.05) is 39.0 Å². The summed E-state index contributed by atoms with van der Waals surface area (Å²) in [6.07, 6.45) is 3.72. The van der Waals surface area contributed by atoms with Gasteiger partial charge in [-0.1, -0.05) is 12.1 Å². The number of benzene rings is 1. The van der Waals surface area contributed by atoms with Gasteiger partial charge in [0.15, 0.2) is 0 Å². The molecule has 0 bridgehead atoms. The molecule has 2 amide bonds. The van der Waals surface area contributed by atoms with Gasteiger partial charge < -0.3 is 19.7 Å². The highest BCUT2D eigenvalue weighted by Gasteiger charge is 2.25. The van der Waals surface area contributed by atoms with Crippen LogP contribution in [0.5, 0.6) is 0 Å². The van der Waals surface area contributed by atoms with E-state index in [1.54, 1.807) is 11.0 Å². The molecule has 1 aromatic carbocycles. The van der Waals surface area contributed by atoms with Crippen molar-refractivity contribution < 1.29 is 18.7 Å². The molecule has 1 aromatic rings. The Balaban J connectivity index is 1.64. The fourth-order valence-electron chi connectivity index (χ4n) is 3.22. The summed E-state index contributed by atoms with van der Waals surface area (Å²) in [6, 6.07) is 6.44. The maximum atomic E-state index is 13.4. The smallest absolute Gasteiger partial charge is 0.318 e. The number of urea groups is 1. The van der Waals surface area contributed by atoms with Gasteiger partial charge in [0.25, 0.3) is 0 Å². The van der Waals surface area contributed by atoms with Gasteiger partial charge in [-0.15, -0.1) is 0 Å². The molecule has 3 rings (SSSR count). The highest BCUT2D eigenvalue weighted by Crippen LogP contribution is 2.16. The second-order valence-corrected chi connectivity index (χ2v) is 6.48. The second kappa shape index (κ2) is 8.44. The van der Waals surface area contributed by atoms with Crippen molar-refractivity contribution in [2.45, 2.75) is 44.4 Å². The van der Waals surface area contributed by atoms with Gasteiger partial charge in [0.05, 0.1) is 6.10 Å². The van der Waals surface area contributed by atoms with Gasteiger partial charge in [-0.25, -0.2) is 9.18 Å². The molecular formula is C18H25FN2O3. The first-order chi connectivity index (χ1) is 11.7. The van der Waals surface area contributed by atoms with Gasteiger partial charge in [0.2, 0.25) is 0 Å². The largest absolute Gasteiger partial charge is 0.381 e. The minimum Gasteiger partial charge on any atom is -0.381 e. The van der Waals surface area contributed by atoms with Crippen molar-refractivity contribution >= 4 is 6.03 Å². The molecule has 0 aromatic heterocycles. The summed E-state index contributed by atoms with van der Waals surface area (Å²) in [6.45, 7) is 3.03. The van der Waals surface area contributed by atoms with E-state index in [1.165, 1.54) is 12.1 Å². The van der Waals surface area contributed by atoms with E-state index in [0.29, 0.717) is 26.3 Å². The lowest BCUT2D eigenvalue weighted by molar-refractivity contribution is 0.0682. The van der Waals surface area contributed by atoms with E-state index in [9.17, 15) is 9.18 Å². The third kappa shape index (κ3) is 4.92. The molecule has 1 atom stereocenters. The van der Waals surface area contributed by atoms with Gasteiger partial charge in [-0.05, 0) is 43.4 Å². The fraction of sp³-hybridized carbons (Fsp3) is 0.611. The molecule has 2 saturated heterocycles. The Kier molecular flexibility index (Phi) is 6.04. The van der Waals surface area contributed by atoms with E-state index in [4.69, 9.17) is 9.47 Å². The van der Waals surface area contributed by atoms with Gasteiger partial charge in [0.1, 0.15) is 5.82 Å². The third-order valence-electron chi connectivity index (χ3n) is 4.55. The second-order valence-electron chi connectivity index (χ2n) is 6.48. The van der Waals surface area contributed by atoms with Crippen LogP contribution in [0.4, 0.5) is 9.18 Å². The predicted molar refractivity (Wildman–Crippen MR) is 88.2 cm³/mol. The predicted octanol–water partition coefficient (Wildman–Crippen LogP) is 2.70. The highest BCUT2D eigenvalue weighted by molar-refractivity contribution is 5.74. The quantitative estimate of drug-likeness (QED) is 0.899. The number of carbonyl (C=O) groups is 1. The maximum Gasteiger partial charge on any atom is 0.318 e. The minimum atomic E-state index is -0.283. The number of nitrogens with one attached hydrogen (secondary N) is 1. The van der Waals surface area contributed by atoms with Crippen LogP contribution in [-0.4, -0.2) is 49.4 Å². The zero-order chi connectivity index (χ0) is 16.8. The zero-order valence-corrected chi connectivity index (χ0v) is 13.9. The molecular weight excluding hydrogens is 311 g/mol. The third-order valence-corrected chi connectivity index (χ3v) is 4.55. The van der Waals surface area contributed by atoms with Crippen LogP contribution in [0.15, 0.2) is 24.3 Å². The fourth-order valence-corrected chi connectivity index (χ4v) is 3.22. The Bertz CT molecular complexity index is 543. The van der Waals surface area contributed by atoms with E-state index < -0.39 is 0 Å². The summed E-state index contributed by atoms with van der Waals surface area (Å²) in [4.78, 5) is 14.4. The molecule has 2 fully saturated rings. The summed E-state index contributed by atoms with van der Waals surface area (Å²) in [5, 5.41) is 3.09. The van der Waals surface area contributed by atoms with E-state index >= 15 is 0 Å². The van der Waals surface area contributed by atoms with Crippen molar-refractivity contribution in [3.63, 3.8) is 0 Å². The van der Waals surface area contributed by atoms with Crippen LogP contribution in [0.3, 0.4) is 0 Å². The molecule has 0 saturated carbocycles. The number of hydrogen-bond acceptors (Lipinski definition) is 3. The van der Waals surface area contributed by atoms with Crippen LogP contribution in [0, 0.1) is 5.82 Å². The van der Waals surface area contributed by atoms with Crippen molar-refractivity contribution in [3.8, 4) is 0 Å². The van der Waals surface area contributed by atoms with E-state index in [0.717, 1.165) is 37.9 Å².